The first kappa shape index (κ1) is 21.7. The van der Waals surface area contributed by atoms with Crippen LogP contribution >= 0.6 is 0 Å². The predicted octanol–water partition coefficient (Wildman–Crippen LogP) is 2.69. The zero-order valence-electron chi connectivity index (χ0n) is 18.9. The highest BCUT2D eigenvalue weighted by molar-refractivity contribution is 6.18. The van der Waals surface area contributed by atoms with Crippen LogP contribution in [0.25, 0.3) is 11.0 Å². The first-order valence-electron chi connectivity index (χ1n) is 11.2. The van der Waals surface area contributed by atoms with Crippen molar-refractivity contribution in [1.82, 2.24) is 20.3 Å². The summed E-state index contributed by atoms with van der Waals surface area (Å²) in [6, 6.07) is 16.0. The molecule has 5 rings (SSSR count). The number of hydrazone groups is 1. The summed E-state index contributed by atoms with van der Waals surface area (Å²) < 4.78 is 6.09. The van der Waals surface area contributed by atoms with Crippen molar-refractivity contribution in [2.24, 2.45) is 21.6 Å². The Kier molecular flexibility index (Phi) is 5.77. The molecule has 174 valence electrons. The number of imidazole rings is 1. The zero-order chi connectivity index (χ0) is 23.5. The van der Waals surface area contributed by atoms with E-state index in [-0.39, 0.29) is 0 Å². The monoisotopic (exact) mass is 456 g/mol. The highest BCUT2D eigenvalue weighted by Gasteiger charge is 2.36. The fourth-order valence-electron chi connectivity index (χ4n) is 4.31. The molecule has 3 heterocycles. The molecule has 0 spiro atoms. The van der Waals surface area contributed by atoms with E-state index >= 15 is 0 Å². The minimum Gasteiger partial charge on any atom is -0.487 e. The molecule has 1 fully saturated rings. The molecule has 2 aromatic carbocycles. The molecule has 9 heteroatoms. The lowest BCUT2D eigenvalue weighted by molar-refractivity contribution is 0.189. The van der Waals surface area contributed by atoms with Crippen LogP contribution in [0.15, 0.2) is 82.8 Å². The van der Waals surface area contributed by atoms with Gasteiger partial charge in [0.25, 0.3) is 0 Å². The number of benzene rings is 2. The van der Waals surface area contributed by atoms with E-state index in [0.717, 1.165) is 33.7 Å². The Morgan fingerprint density at radius 2 is 1.97 bits per heavy atom. The van der Waals surface area contributed by atoms with Gasteiger partial charge in [-0.3, -0.25) is 5.43 Å². The number of aromatic amines is 1. The highest BCUT2D eigenvalue weighted by atomic mass is 16.5. The number of hydrogen-bond acceptors (Lipinski definition) is 7. The van der Waals surface area contributed by atoms with Crippen molar-refractivity contribution in [3.8, 4) is 5.75 Å². The summed E-state index contributed by atoms with van der Waals surface area (Å²) in [5.41, 5.74) is 19.1. The second-order valence-electron chi connectivity index (χ2n) is 8.48. The zero-order valence-corrected chi connectivity index (χ0v) is 18.9. The number of nitrogens with zero attached hydrogens (tertiary/aromatic N) is 4. The molecule has 2 aliphatic rings. The highest BCUT2D eigenvalue weighted by Crippen LogP contribution is 2.33. The smallest absolute Gasteiger partial charge is 0.158 e. The summed E-state index contributed by atoms with van der Waals surface area (Å²) in [5.74, 6) is 2.74. The molecule has 0 saturated carbocycles. The third-order valence-corrected chi connectivity index (χ3v) is 6.30. The quantitative estimate of drug-likeness (QED) is 0.451. The number of aliphatic imine (C=N–C) groups is 1. The van der Waals surface area contributed by atoms with Crippen LogP contribution in [-0.4, -0.2) is 40.0 Å². The van der Waals surface area contributed by atoms with Gasteiger partial charge in [-0.05, 0) is 30.5 Å². The topological polar surface area (TPSA) is 130 Å². The minimum absolute atomic E-state index is 0.486. The van der Waals surface area contributed by atoms with Gasteiger partial charge in [0, 0.05) is 19.3 Å². The molecule has 0 atom stereocenters. The van der Waals surface area contributed by atoms with E-state index < -0.39 is 5.54 Å². The molecule has 2 aliphatic heterocycles. The molecule has 34 heavy (non-hydrogen) atoms. The lowest BCUT2D eigenvalue weighted by Crippen LogP contribution is -2.49. The van der Waals surface area contributed by atoms with Gasteiger partial charge < -0.3 is 26.1 Å². The number of fused-ring (bicyclic) bond motifs is 1. The fraction of sp³-hybridized carbons (Fsp3) is 0.240. The number of H-pyrrole nitrogens is 1. The third-order valence-electron chi connectivity index (χ3n) is 6.30. The summed E-state index contributed by atoms with van der Waals surface area (Å²) in [6.45, 7) is 5.50. The van der Waals surface area contributed by atoms with Crippen LogP contribution in [0, 0.1) is 0 Å². The first-order valence-corrected chi connectivity index (χ1v) is 11.2. The maximum Gasteiger partial charge on any atom is 0.158 e. The first-order chi connectivity index (χ1) is 16.6. The van der Waals surface area contributed by atoms with E-state index in [9.17, 15) is 0 Å². The average molecular weight is 457 g/mol. The molecule has 0 bridgehead atoms. The molecule has 3 aromatic rings. The van der Waals surface area contributed by atoms with E-state index in [1.54, 1.807) is 6.21 Å². The number of amidine groups is 1. The number of piperidine rings is 1. The summed E-state index contributed by atoms with van der Waals surface area (Å²) in [7, 11) is 0. The molecule has 0 unspecified atom stereocenters. The van der Waals surface area contributed by atoms with Crippen molar-refractivity contribution >= 4 is 23.1 Å². The van der Waals surface area contributed by atoms with E-state index in [0.29, 0.717) is 44.2 Å². The number of rotatable bonds is 6. The van der Waals surface area contributed by atoms with Crippen LogP contribution in [0.1, 0.15) is 24.2 Å². The van der Waals surface area contributed by atoms with E-state index in [1.807, 2.05) is 48.5 Å². The summed E-state index contributed by atoms with van der Waals surface area (Å²) in [4.78, 5) is 14.6. The lowest BCUT2D eigenvalue weighted by atomic mass is 9.87. The second-order valence-corrected chi connectivity index (χ2v) is 8.48. The van der Waals surface area contributed by atoms with Crippen molar-refractivity contribution in [1.29, 1.82) is 0 Å². The van der Waals surface area contributed by atoms with Crippen molar-refractivity contribution in [2.75, 3.05) is 13.1 Å². The SMILES string of the molecule is C=C/N=C1/NN=C/C1=C(/N)N1CCC(N)(c2nc3cccc(OCc4ccccc4)c3[nH]2)CC1. The summed E-state index contributed by atoms with van der Waals surface area (Å²) >= 11 is 0. The van der Waals surface area contributed by atoms with Gasteiger partial charge in [-0.25, -0.2) is 9.98 Å². The Labute approximate surface area is 197 Å². The van der Waals surface area contributed by atoms with Gasteiger partial charge in [0.1, 0.15) is 29.5 Å². The van der Waals surface area contributed by atoms with Crippen LogP contribution in [0.5, 0.6) is 5.75 Å². The minimum atomic E-state index is -0.586. The van der Waals surface area contributed by atoms with Gasteiger partial charge in [0.05, 0.1) is 22.8 Å². The lowest BCUT2D eigenvalue weighted by Gasteiger charge is -2.39. The number of ether oxygens (including phenoxy) is 1. The maximum absolute atomic E-state index is 6.86. The van der Waals surface area contributed by atoms with E-state index in [4.69, 9.17) is 21.2 Å². The van der Waals surface area contributed by atoms with Crippen molar-refractivity contribution in [3.63, 3.8) is 0 Å². The maximum atomic E-state index is 6.86. The fourth-order valence-corrected chi connectivity index (χ4v) is 4.31. The van der Waals surface area contributed by atoms with Crippen LogP contribution in [-0.2, 0) is 12.1 Å². The second kappa shape index (κ2) is 9.03. The Morgan fingerprint density at radius 3 is 2.74 bits per heavy atom. The van der Waals surface area contributed by atoms with Gasteiger partial charge in [-0.15, -0.1) is 0 Å². The number of likely N-dealkylation sites (tertiary alicyclic amines) is 1. The van der Waals surface area contributed by atoms with Gasteiger partial charge in [0.2, 0.25) is 0 Å². The van der Waals surface area contributed by atoms with E-state index in [2.05, 4.69) is 32.0 Å². The average Bonchev–Trinajstić information content (AvgIpc) is 3.52. The summed E-state index contributed by atoms with van der Waals surface area (Å²) in [5, 5.41) is 4.05. The number of aromatic nitrogens is 2. The Bertz CT molecular complexity index is 1280. The molecule has 1 aromatic heterocycles. The molecule has 0 radical (unpaired) electrons. The van der Waals surface area contributed by atoms with Gasteiger partial charge in [-0.1, -0.05) is 43.0 Å². The number of nitrogens with one attached hydrogen (secondary N) is 2. The number of para-hydroxylation sites is 1. The Hall–Kier alpha value is -4.11. The van der Waals surface area contributed by atoms with Crippen LogP contribution in [0.3, 0.4) is 0 Å². The van der Waals surface area contributed by atoms with Crippen LogP contribution in [0.2, 0.25) is 0 Å². The van der Waals surface area contributed by atoms with Gasteiger partial charge in [0.15, 0.2) is 5.84 Å². The summed E-state index contributed by atoms with van der Waals surface area (Å²) in [6.07, 6.45) is 4.53. The number of nitrogens with two attached hydrogens (primary N) is 2. The molecular formula is C25H28N8O. The largest absolute Gasteiger partial charge is 0.487 e. The molecule has 0 amide bonds. The van der Waals surface area contributed by atoms with E-state index in [1.165, 1.54) is 6.20 Å². The van der Waals surface area contributed by atoms with Gasteiger partial charge in [-0.2, -0.15) is 5.10 Å². The van der Waals surface area contributed by atoms with Gasteiger partial charge >= 0.3 is 0 Å². The molecular weight excluding hydrogens is 428 g/mol. The van der Waals surface area contributed by atoms with Crippen molar-refractivity contribution in [2.45, 2.75) is 25.0 Å². The predicted molar refractivity (Wildman–Crippen MR) is 134 cm³/mol. The Balaban J connectivity index is 1.33. The van der Waals surface area contributed by atoms with Crippen molar-refractivity contribution < 1.29 is 4.74 Å². The van der Waals surface area contributed by atoms with Crippen LogP contribution in [0.4, 0.5) is 0 Å². The molecule has 0 aliphatic carbocycles. The molecule has 6 N–H and O–H groups in total. The molecule has 1 saturated heterocycles. The standard InChI is InChI=1S/C25H28N8O/c1-2-28-23-18(15-29-32-23)22(26)33-13-11-25(27,12-14-33)24-30-19-9-6-10-20(21(19)31-24)34-16-17-7-4-3-5-8-17/h2-10,15H,1,11-14,16,26-27H2,(H,28,32)(H,30,31)/b22-18+. The third kappa shape index (κ3) is 4.13. The normalized spacial score (nSPS) is 19.9. The van der Waals surface area contributed by atoms with Crippen LogP contribution < -0.4 is 21.6 Å². The number of hydrogen-bond donors (Lipinski definition) is 4. The molecule has 9 nitrogen and oxygen atoms in total. The van der Waals surface area contributed by atoms with Crippen molar-refractivity contribution in [3.05, 3.63) is 84.1 Å². The Morgan fingerprint density at radius 1 is 1.18 bits per heavy atom.